The lowest BCUT2D eigenvalue weighted by atomic mass is 10.2. The van der Waals surface area contributed by atoms with Crippen LogP contribution in [0.15, 0.2) is 53.6 Å². The van der Waals surface area contributed by atoms with Crippen molar-refractivity contribution in [1.82, 2.24) is 10.7 Å². The second-order valence-corrected chi connectivity index (χ2v) is 5.72. The van der Waals surface area contributed by atoms with Crippen LogP contribution in [0.5, 0.6) is 11.5 Å². The van der Waals surface area contributed by atoms with Crippen molar-refractivity contribution in [3.63, 3.8) is 0 Å². The van der Waals surface area contributed by atoms with Crippen LogP contribution in [0, 0.1) is 0 Å². The first-order valence-corrected chi connectivity index (χ1v) is 8.65. The number of carbonyl (C=O) groups excluding carboxylic acids is 2. The van der Waals surface area contributed by atoms with Gasteiger partial charge in [-0.1, -0.05) is 23.7 Å². The summed E-state index contributed by atoms with van der Waals surface area (Å²) in [5, 5.41) is 6.89. The minimum Gasteiger partial charge on any atom is -0.493 e. The third-order valence-electron chi connectivity index (χ3n) is 3.24. The average Bonchev–Trinajstić information content (AvgIpc) is 2.67. The van der Waals surface area contributed by atoms with Crippen LogP contribution in [0.4, 0.5) is 0 Å². The van der Waals surface area contributed by atoms with E-state index in [1.165, 1.54) is 6.21 Å². The molecule has 0 aliphatic carbocycles. The second kappa shape index (κ2) is 10.8. The van der Waals surface area contributed by atoms with E-state index in [4.69, 9.17) is 21.1 Å². The van der Waals surface area contributed by atoms with Crippen molar-refractivity contribution in [2.45, 2.75) is 6.92 Å². The van der Waals surface area contributed by atoms with Gasteiger partial charge in [-0.3, -0.25) is 9.59 Å². The standard InChI is InChI=1S/C19H20ClN3O4/c1-2-26-17-6-4-3-5-14(17)11-22-23-18(24)12-21-19(25)13-27-16-9-7-15(20)8-10-16/h3-11H,2,12-13H2,1H3,(H,21,25)(H,23,24)/b22-11-. The van der Waals surface area contributed by atoms with Crippen molar-refractivity contribution < 1.29 is 19.1 Å². The molecule has 0 aliphatic heterocycles. The van der Waals surface area contributed by atoms with Crippen LogP contribution in [0.2, 0.25) is 5.02 Å². The number of carbonyl (C=O) groups is 2. The van der Waals surface area contributed by atoms with Crippen molar-refractivity contribution in [3.05, 3.63) is 59.1 Å². The summed E-state index contributed by atoms with van der Waals surface area (Å²) >= 11 is 5.77. The molecule has 0 radical (unpaired) electrons. The number of para-hydroxylation sites is 1. The van der Waals surface area contributed by atoms with Gasteiger partial charge in [-0.15, -0.1) is 0 Å². The van der Waals surface area contributed by atoms with Gasteiger partial charge in [-0.25, -0.2) is 5.43 Å². The topological polar surface area (TPSA) is 89.0 Å². The van der Waals surface area contributed by atoms with Gasteiger partial charge in [-0.2, -0.15) is 5.10 Å². The molecule has 142 valence electrons. The Kier molecular flexibility index (Phi) is 8.12. The Labute approximate surface area is 162 Å². The number of rotatable bonds is 9. The number of hydrogen-bond acceptors (Lipinski definition) is 5. The maximum Gasteiger partial charge on any atom is 0.259 e. The van der Waals surface area contributed by atoms with E-state index in [1.807, 2.05) is 31.2 Å². The van der Waals surface area contributed by atoms with Crippen molar-refractivity contribution >= 4 is 29.6 Å². The lowest BCUT2D eigenvalue weighted by Gasteiger charge is -2.07. The Hall–Kier alpha value is -3.06. The van der Waals surface area contributed by atoms with E-state index in [9.17, 15) is 9.59 Å². The molecule has 0 unspecified atom stereocenters. The van der Waals surface area contributed by atoms with E-state index in [-0.39, 0.29) is 13.2 Å². The first-order valence-electron chi connectivity index (χ1n) is 8.27. The Morgan fingerprint density at radius 3 is 2.56 bits per heavy atom. The summed E-state index contributed by atoms with van der Waals surface area (Å²) in [6.45, 7) is 1.99. The predicted molar refractivity (Wildman–Crippen MR) is 103 cm³/mol. The fourth-order valence-electron chi connectivity index (χ4n) is 2.00. The van der Waals surface area contributed by atoms with Crippen LogP contribution >= 0.6 is 11.6 Å². The van der Waals surface area contributed by atoms with Gasteiger partial charge >= 0.3 is 0 Å². The normalized spacial score (nSPS) is 10.4. The van der Waals surface area contributed by atoms with E-state index in [0.29, 0.717) is 23.1 Å². The molecule has 0 atom stereocenters. The molecule has 27 heavy (non-hydrogen) atoms. The molecule has 2 N–H and O–H groups in total. The summed E-state index contributed by atoms with van der Waals surface area (Å²) in [6.07, 6.45) is 1.48. The summed E-state index contributed by atoms with van der Waals surface area (Å²) < 4.78 is 10.7. The quantitative estimate of drug-likeness (QED) is 0.509. The summed E-state index contributed by atoms with van der Waals surface area (Å²) in [7, 11) is 0. The molecule has 2 aromatic rings. The van der Waals surface area contributed by atoms with Gasteiger partial charge in [0.25, 0.3) is 11.8 Å². The Morgan fingerprint density at radius 2 is 1.81 bits per heavy atom. The molecular weight excluding hydrogens is 370 g/mol. The number of hydrogen-bond donors (Lipinski definition) is 2. The summed E-state index contributed by atoms with van der Waals surface area (Å²) in [6, 6.07) is 13.9. The average molecular weight is 390 g/mol. The fraction of sp³-hybridized carbons (Fsp3) is 0.211. The zero-order valence-corrected chi connectivity index (χ0v) is 15.5. The molecule has 8 heteroatoms. The van der Waals surface area contributed by atoms with Crippen molar-refractivity contribution in [2.24, 2.45) is 5.10 Å². The molecule has 0 bridgehead atoms. The number of hydrazone groups is 1. The van der Waals surface area contributed by atoms with E-state index in [0.717, 1.165) is 5.56 Å². The number of nitrogens with zero attached hydrogens (tertiary/aromatic N) is 1. The van der Waals surface area contributed by atoms with Gasteiger partial charge in [0.05, 0.1) is 19.4 Å². The van der Waals surface area contributed by atoms with Crippen LogP contribution in [-0.4, -0.2) is 37.8 Å². The molecule has 2 aromatic carbocycles. The molecule has 2 rings (SSSR count). The Morgan fingerprint density at radius 1 is 1.07 bits per heavy atom. The highest BCUT2D eigenvalue weighted by molar-refractivity contribution is 6.30. The van der Waals surface area contributed by atoms with Gasteiger partial charge in [0.2, 0.25) is 0 Å². The monoisotopic (exact) mass is 389 g/mol. The second-order valence-electron chi connectivity index (χ2n) is 5.28. The van der Waals surface area contributed by atoms with Crippen LogP contribution in [-0.2, 0) is 9.59 Å². The summed E-state index contributed by atoms with van der Waals surface area (Å²) in [4.78, 5) is 23.4. The minimum absolute atomic E-state index is 0.208. The van der Waals surface area contributed by atoms with Gasteiger partial charge in [-0.05, 0) is 43.3 Å². The van der Waals surface area contributed by atoms with Crippen LogP contribution in [0.1, 0.15) is 12.5 Å². The molecule has 0 aromatic heterocycles. The number of benzene rings is 2. The van der Waals surface area contributed by atoms with Crippen LogP contribution in [0.25, 0.3) is 0 Å². The Balaban J connectivity index is 1.71. The molecule has 0 saturated carbocycles. The molecule has 0 spiro atoms. The maximum absolute atomic E-state index is 11.7. The Bertz CT molecular complexity index is 794. The van der Waals surface area contributed by atoms with E-state index >= 15 is 0 Å². The lowest BCUT2D eigenvalue weighted by Crippen LogP contribution is -2.37. The molecule has 2 amide bonds. The molecule has 7 nitrogen and oxygen atoms in total. The first kappa shape index (κ1) is 20.3. The highest BCUT2D eigenvalue weighted by Crippen LogP contribution is 2.16. The third kappa shape index (κ3) is 7.37. The molecular formula is C19H20ClN3O4. The lowest BCUT2D eigenvalue weighted by molar-refractivity contribution is -0.127. The van der Waals surface area contributed by atoms with Gasteiger partial charge < -0.3 is 14.8 Å². The molecule has 0 heterocycles. The summed E-state index contributed by atoms with van der Waals surface area (Å²) in [5.41, 5.74) is 3.08. The van der Waals surface area contributed by atoms with Gasteiger partial charge in [0.1, 0.15) is 11.5 Å². The summed E-state index contributed by atoms with van der Waals surface area (Å²) in [5.74, 6) is 0.299. The molecule has 0 aliphatic rings. The van der Waals surface area contributed by atoms with E-state index in [1.54, 1.807) is 24.3 Å². The zero-order valence-electron chi connectivity index (χ0n) is 14.8. The zero-order chi connectivity index (χ0) is 19.5. The van der Waals surface area contributed by atoms with E-state index < -0.39 is 11.8 Å². The van der Waals surface area contributed by atoms with Gasteiger partial charge in [0.15, 0.2) is 6.61 Å². The maximum atomic E-state index is 11.7. The predicted octanol–water partition coefficient (Wildman–Crippen LogP) is 2.38. The minimum atomic E-state index is -0.458. The highest BCUT2D eigenvalue weighted by atomic mass is 35.5. The molecule has 0 saturated heterocycles. The number of amides is 2. The number of nitrogens with one attached hydrogen (secondary N) is 2. The number of ether oxygens (including phenoxy) is 2. The molecule has 0 fully saturated rings. The largest absolute Gasteiger partial charge is 0.493 e. The first-order chi connectivity index (χ1) is 13.1. The SMILES string of the molecule is CCOc1ccccc1/C=N\NC(=O)CNC(=O)COc1ccc(Cl)cc1. The van der Waals surface area contributed by atoms with Crippen LogP contribution in [0.3, 0.4) is 0 Å². The fourth-order valence-corrected chi connectivity index (χ4v) is 2.12. The van der Waals surface area contributed by atoms with Crippen molar-refractivity contribution in [2.75, 3.05) is 19.8 Å². The number of halogens is 1. The van der Waals surface area contributed by atoms with E-state index in [2.05, 4.69) is 15.8 Å². The van der Waals surface area contributed by atoms with Crippen molar-refractivity contribution in [3.8, 4) is 11.5 Å². The highest BCUT2D eigenvalue weighted by Gasteiger charge is 2.06. The van der Waals surface area contributed by atoms with Crippen molar-refractivity contribution in [1.29, 1.82) is 0 Å². The third-order valence-corrected chi connectivity index (χ3v) is 3.49. The van der Waals surface area contributed by atoms with Crippen LogP contribution < -0.4 is 20.2 Å². The van der Waals surface area contributed by atoms with Gasteiger partial charge in [0, 0.05) is 10.6 Å². The smallest absolute Gasteiger partial charge is 0.259 e.